The first-order valence-corrected chi connectivity index (χ1v) is 17.7. The van der Waals surface area contributed by atoms with Gasteiger partial charge in [0.15, 0.2) is 0 Å². The van der Waals surface area contributed by atoms with E-state index in [1.807, 2.05) is 0 Å². The number of hydrogen-bond acceptors (Lipinski definition) is 11. The molecule has 0 atom stereocenters. The molecule has 0 aromatic heterocycles. The molecule has 0 fully saturated rings. The minimum absolute atomic E-state index is 0. The first kappa shape index (κ1) is 46.3. The fourth-order valence-electron chi connectivity index (χ4n) is 3.85. The average Bonchev–Trinajstić information content (AvgIpc) is 2.96. The minimum atomic E-state index is -4.16. The molecule has 0 aromatic carbocycles. The van der Waals surface area contributed by atoms with Gasteiger partial charge in [-0.1, -0.05) is 71.1 Å². The van der Waals surface area contributed by atoms with Crippen molar-refractivity contribution in [1.29, 1.82) is 0 Å². The molecular weight excluding hydrogens is 607 g/mol. The molecule has 0 spiro atoms. The van der Waals surface area contributed by atoms with Crippen molar-refractivity contribution in [2.75, 3.05) is 111 Å². The molecule has 0 aromatic rings. The van der Waals surface area contributed by atoms with E-state index in [0.717, 1.165) is 13.0 Å². The Morgan fingerprint density at radius 3 is 0.884 bits per heavy atom. The summed E-state index contributed by atoms with van der Waals surface area (Å²) in [6.07, 6.45) is 15.0. The Kier molecular flexibility index (Phi) is 42.5. The SMILES string of the molecule is CCCCCCCCCCCCCOCCOCCOCCOCCOCCOCCOCCOCCCS(=O)(=O)[O-].[K+]. The first-order valence-electron chi connectivity index (χ1n) is 16.1. The summed E-state index contributed by atoms with van der Waals surface area (Å²) in [6, 6.07) is 0. The summed E-state index contributed by atoms with van der Waals surface area (Å²) >= 11 is 0. The van der Waals surface area contributed by atoms with Crippen molar-refractivity contribution in [2.24, 2.45) is 0 Å². The van der Waals surface area contributed by atoms with Gasteiger partial charge in [-0.25, -0.2) is 8.42 Å². The average molecular weight is 669 g/mol. The molecule has 11 nitrogen and oxygen atoms in total. The molecule has 0 rings (SSSR count). The Balaban J connectivity index is 0. The van der Waals surface area contributed by atoms with E-state index in [-0.39, 0.29) is 64.4 Å². The van der Waals surface area contributed by atoms with Gasteiger partial charge in [0.2, 0.25) is 0 Å². The third kappa shape index (κ3) is 45.4. The van der Waals surface area contributed by atoms with Crippen LogP contribution in [0.4, 0.5) is 0 Å². The van der Waals surface area contributed by atoms with E-state index < -0.39 is 15.9 Å². The van der Waals surface area contributed by atoms with Crippen LogP contribution < -0.4 is 51.4 Å². The van der Waals surface area contributed by atoms with E-state index in [9.17, 15) is 13.0 Å². The topological polar surface area (TPSA) is 131 Å². The van der Waals surface area contributed by atoms with Crippen molar-refractivity contribution in [3.8, 4) is 0 Å². The number of hydrogen-bond donors (Lipinski definition) is 0. The van der Waals surface area contributed by atoms with Gasteiger partial charge in [0.05, 0.1) is 103 Å². The molecule has 0 unspecified atom stereocenters. The maximum absolute atomic E-state index is 10.4. The van der Waals surface area contributed by atoms with E-state index >= 15 is 0 Å². The molecule has 0 radical (unpaired) electrons. The number of rotatable bonds is 37. The van der Waals surface area contributed by atoms with Crippen LogP contribution in [-0.2, 0) is 48.0 Å². The molecule has 254 valence electrons. The second kappa shape index (κ2) is 39.4. The van der Waals surface area contributed by atoms with E-state index in [4.69, 9.17) is 37.9 Å². The van der Waals surface area contributed by atoms with Crippen molar-refractivity contribution in [3.05, 3.63) is 0 Å². The fourth-order valence-corrected chi connectivity index (χ4v) is 4.32. The maximum atomic E-state index is 10.4. The quantitative estimate of drug-likeness (QED) is 0.0541. The van der Waals surface area contributed by atoms with Gasteiger partial charge in [-0.05, 0) is 12.8 Å². The van der Waals surface area contributed by atoms with E-state index in [0.29, 0.717) is 92.5 Å². The van der Waals surface area contributed by atoms with Crippen LogP contribution in [0.15, 0.2) is 0 Å². The van der Waals surface area contributed by atoms with Gasteiger partial charge in [-0.3, -0.25) is 0 Å². The van der Waals surface area contributed by atoms with Gasteiger partial charge in [0, 0.05) is 19.0 Å². The Morgan fingerprint density at radius 1 is 0.372 bits per heavy atom. The maximum Gasteiger partial charge on any atom is 1.00 e. The normalized spacial score (nSPS) is 11.7. The molecule has 43 heavy (non-hydrogen) atoms. The summed E-state index contributed by atoms with van der Waals surface area (Å²) in [4.78, 5) is 0. The molecule has 0 saturated carbocycles. The van der Waals surface area contributed by atoms with Crippen LogP contribution in [0.25, 0.3) is 0 Å². The monoisotopic (exact) mass is 668 g/mol. The smallest absolute Gasteiger partial charge is 0.748 e. The summed E-state index contributed by atoms with van der Waals surface area (Å²) < 4.78 is 74.8. The Morgan fingerprint density at radius 2 is 0.605 bits per heavy atom. The second-order valence-corrected chi connectivity index (χ2v) is 11.6. The zero-order chi connectivity index (χ0) is 30.7. The summed E-state index contributed by atoms with van der Waals surface area (Å²) in [7, 11) is -4.16. The van der Waals surface area contributed by atoms with Crippen molar-refractivity contribution in [1.82, 2.24) is 0 Å². The van der Waals surface area contributed by atoms with Crippen LogP contribution >= 0.6 is 0 Å². The Hall–Kier alpha value is 1.23. The summed E-state index contributed by atoms with van der Waals surface area (Å²) in [5, 5.41) is 0. The molecule has 0 heterocycles. The predicted octanol–water partition coefficient (Wildman–Crippen LogP) is 1.37. The zero-order valence-electron chi connectivity index (χ0n) is 27.4. The molecule has 0 amide bonds. The van der Waals surface area contributed by atoms with Crippen molar-refractivity contribution < 1.29 is 102 Å². The number of unbranched alkanes of at least 4 members (excludes halogenated alkanes) is 10. The van der Waals surface area contributed by atoms with Crippen LogP contribution in [-0.4, -0.2) is 124 Å². The first-order chi connectivity index (χ1) is 20.6. The van der Waals surface area contributed by atoms with Crippen LogP contribution in [0.1, 0.15) is 84.0 Å². The molecule has 13 heteroatoms. The van der Waals surface area contributed by atoms with Crippen LogP contribution in [0.5, 0.6) is 0 Å². The third-order valence-electron chi connectivity index (χ3n) is 6.18. The zero-order valence-corrected chi connectivity index (χ0v) is 31.3. The van der Waals surface area contributed by atoms with E-state index in [1.165, 1.54) is 64.2 Å². The van der Waals surface area contributed by atoms with Gasteiger partial charge in [0.25, 0.3) is 0 Å². The second-order valence-electron chi connectivity index (χ2n) is 10.0. The van der Waals surface area contributed by atoms with Gasteiger partial charge in [-0.15, -0.1) is 0 Å². The number of ether oxygens (including phenoxy) is 8. The standard InChI is InChI=1S/C30H62O11S.K/c1-2-3-4-5-6-7-8-9-10-11-12-14-34-16-18-36-20-22-38-24-26-40-28-29-41-27-25-39-23-21-37-19-17-35-15-13-30-42(31,32)33;/h2-30H2,1H3,(H,31,32,33);/q;+1/p-1. The minimum Gasteiger partial charge on any atom is -0.748 e. The summed E-state index contributed by atoms with van der Waals surface area (Å²) in [6.45, 7) is 10.2. The van der Waals surface area contributed by atoms with E-state index in [1.54, 1.807) is 0 Å². The third-order valence-corrected chi connectivity index (χ3v) is 6.97. The molecule has 0 N–H and O–H groups in total. The van der Waals surface area contributed by atoms with E-state index in [2.05, 4.69) is 6.92 Å². The van der Waals surface area contributed by atoms with Crippen LogP contribution in [0.2, 0.25) is 0 Å². The fraction of sp³-hybridized carbons (Fsp3) is 1.00. The largest absolute Gasteiger partial charge is 1.00 e. The molecule has 0 aliphatic heterocycles. The molecule has 0 aliphatic carbocycles. The summed E-state index contributed by atoms with van der Waals surface area (Å²) in [5.41, 5.74) is 0. The van der Waals surface area contributed by atoms with Gasteiger partial charge in [-0.2, -0.15) is 0 Å². The van der Waals surface area contributed by atoms with Gasteiger partial charge in [0.1, 0.15) is 0 Å². The van der Waals surface area contributed by atoms with Crippen LogP contribution in [0, 0.1) is 0 Å². The van der Waals surface area contributed by atoms with Crippen molar-refractivity contribution >= 4 is 10.1 Å². The van der Waals surface area contributed by atoms with Crippen LogP contribution in [0.3, 0.4) is 0 Å². The predicted molar refractivity (Wildman–Crippen MR) is 162 cm³/mol. The molecule has 0 bridgehead atoms. The van der Waals surface area contributed by atoms with Gasteiger partial charge >= 0.3 is 51.4 Å². The molecule has 0 saturated heterocycles. The molecular formula is C30H61KO11S. The van der Waals surface area contributed by atoms with Gasteiger partial charge < -0.3 is 42.4 Å². The Labute approximate surface area is 305 Å². The molecule has 0 aliphatic rings. The summed E-state index contributed by atoms with van der Waals surface area (Å²) in [5.74, 6) is -0.406. The Bertz CT molecular complexity index is 615. The van der Waals surface area contributed by atoms with Crippen molar-refractivity contribution in [2.45, 2.75) is 84.0 Å². The van der Waals surface area contributed by atoms with Crippen molar-refractivity contribution in [3.63, 3.8) is 0 Å².